The number of isocyanates is 1. The van der Waals surface area contributed by atoms with Crippen molar-refractivity contribution in [1.29, 1.82) is 0 Å². The van der Waals surface area contributed by atoms with Gasteiger partial charge in [0.15, 0.2) is 5.01 Å². The minimum Gasteiger partial charge on any atom is -0.479 e. The summed E-state index contributed by atoms with van der Waals surface area (Å²) in [6.07, 6.45) is 1.47. The lowest BCUT2D eigenvalue weighted by Gasteiger charge is -2.07. The van der Waals surface area contributed by atoms with Gasteiger partial charge in [0.25, 0.3) is 0 Å². The Bertz CT molecular complexity index is 332. The normalized spacial score (nSPS) is 11.5. The maximum atomic E-state index is 9.97. The predicted octanol–water partition coefficient (Wildman–Crippen LogP) is 2.77. The van der Waals surface area contributed by atoms with E-state index in [-0.39, 0.29) is 5.01 Å². The number of ether oxygens (including phenoxy) is 1. The quantitative estimate of drug-likeness (QED) is 0.464. The van der Waals surface area contributed by atoms with E-state index in [4.69, 9.17) is 4.74 Å². The second kappa shape index (κ2) is 4.80. The number of aliphatic imine (C=N–C) groups is 1. The van der Waals surface area contributed by atoms with E-state index in [9.17, 15) is 4.79 Å². The van der Waals surface area contributed by atoms with Crippen LogP contribution in [0.15, 0.2) is 29.3 Å². The zero-order chi connectivity index (χ0) is 9.68. The van der Waals surface area contributed by atoms with E-state index in [0.717, 1.165) is 0 Å². The van der Waals surface area contributed by atoms with Crippen molar-refractivity contribution in [3.8, 4) is 5.75 Å². The molecule has 1 aromatic rings. The fraction of sp³-hybridized carbons (Fsp3) is 0.222. The summed E-state index contributed by atoms with van der Waals surface area (Å²) >= 11 is 3.24. The molecule has 0 N–H and O–H groups in total. The zero-order valence-corrected chi connectivity index (χ0v) is 8.61. The van der Waals surface area contributed by atoms with Crippen LogP contribution in [0.3, 0.4) is 0 Å². The van der Waals surface area contributed by atoms with Crippen molar-refractivity contribution in [2.45, 2.75) is 11.9 Å². The third kappa shape index (κ3) is 3.40. The Morgan fingerprint density at radius 3 is 3.00 bits per heavy atom. The molecule has 3 nitrogen and oxygen atoms in total. The summed E-state index contributed by atoms with van der Waals surface area (Å²) in [7, 11) is 0. The molecule has 0 spiro atoms. The van der Waals surface area contributed by atoms with Crippen LogP contribution in [0.4, 0.5) is 5.69 Å². The summed E-state index contributed by atoms with van der Waals surface area (Å²) in [6, 6.07) is 6.93. The van der Waals surface area contributed by atoms with Gasteiger partial charge in [-0.25, -0.2) is 4.79 Å². The molecule has 0 aromatic heterocycles. The minimum atomic E-state index is -0.0667. The van der Waals surface area contributed by atoms with Gasteiger partial charge < -0.3 is 4.74 Å². The van der Waals surface area contributed by atoms with Gasteiger partial charge in [-0.05, 0) is 35.0 Å². The van der Waals surface area contributed by atoms with E-state index in [1.165, 1.54) is 6.08 Å². The van der Waals surface area contributed by atoms with Crippen molar-refractivity contribution in [3.63, 3.8) is 0 Å². The Balaban J connectivity index is 2.85. The van der Waals surface area contributed by atoms with Crippen molar-refractivity contribution in [3.05, 3.63) is 24.3 Å². The lowest BCUT2D eigenvalue weighted by Crippen LogP contribution is -2.00. The van der Waals surface area contributed by atoms with Gasteiger partial charge >= 0.3 is 0 Å². The molecule has 68 valence electrons. The number of benzene rings is 1. The average Bonchev–Trinajstić information content (AvgIpc) is 2.04. The number of halogens is 1. The van der Waals surface area contributed by atoms with Gasteiger partial charge in [0.05, 0.1) is 5.69 Å². The summed E-state index contributed by atoms with van der Waals surface area (Å²) in [5, 5.41) is -0.0667. The molecular weight excluding hydrogens is 234 g/mol. The molecule has 0 saturated heterocycles. The Labute approximate surface area is 84.6 Å². The topological polar surface area (TPSA) is 38.7 Å². The molecule has 0 radical (unpaired) electrons. The standard InChI is InChI=1S/C9H8BrNO2/c1-7(10)13-9-4-2-3-8(5-9)11-6-12/h2-5,7H,1H3. The maximum absolute atomic E-state index is 9.97. The highest BCUT2D eigenvalue weighted by atomic mass is 79.9. The first-order chi connectivity index (χ1) is 6.22. The third-order valence-corrected chi connectivity index (χ3v) is 1.48. The van der Waals surface area contributed by atoms with Crippen LogP contribution in [-0.2, 0) is 4.79 Å². The molecule has 4 heteroatoms. The van der Waals surface area contributed by atoms with Crippen LogP contribution < -0.4 is 4.74 Å². The molecule has 0 aliphatic rings. The van der Waals surface area contributed by atoms with Gasteiger partial charge in [0.2, 0.25) is 6.08 Å². The summed E-state index contributed by atoms with van der Waals surface area (Å²) in [5.74, 6) is 0.667. The molecule has 1 rings (SSSR count). The van der Waals surface area contributed by atoms with E-state index in [0.29, 0.717) is 11.4 Å². The van der Waals surface area contributed by atoms with Crippen LogP contribution in [0.25, 0.3) is 0 Å². The molecule has 0 bridgehead atoms. The van der Waals surface area contributed by atoms with Crippen LogP contribution in [-0.4, -0.2) is 11.1 Å². The molecule has 0 amide bonds. The number of alkyl halides is 1. The lowest BCUT2D eigenvalue weighted by molar-refractivity contribution is 0.314. The van der Waals surface area contributed by atoms with Crippen molar-refractivity contribution in [2.24, 2.45) is 4.99 Å². The number of hydrogen-bond acceptors (Lipinski definition) is 3. The van der Waals surface area contributed by atoms with E-state index in [1.54, 1.807) is 24.3 Å². The fourth-order valence-electron chi connectivity index (χ4n) is 0.867. The minimum absolute atomic E-state index is 0.0667. The number of carbonyl (C=O) groups excluding carboxylic acids is 1. The van der Waals surface area contributed by atoms with E-state index < -0.39 is 0 Å². The number of rotatable bonds is 3. The number of hydrogen-bond donors (Lipinski definition) is 0. The van der Waals surface area contributed by atoms with Gasteiger partial charge in [-0.2, -0.15) is 4.99 Å². The Kier molecular flexibility index (Phi) is 3.68. The molecule has 0 aliphatic heterocycles. The van der Waals surface area contributed by atoms with Crippen LogP contribution in [0.1, 0.15) is 6.92 Å². The molecule has 0 heterocycles. The second-order valence-electron chi connectivity index (χ2n) is 2.36. The molecular formula is C9H8BrNO2. The average molecular weight is 242 g/mol. The van der Waals surface area contributed by atoms with Gasteiger partial charge in [-0.1, -0.05) is 6.07 Å². The lowest BCUT2D eigenvalue weighted by atomic mass is 10.3. The van der Waals surface area contributed by atoms with Crippen LogP contribution >= 0.6 is 15.9 Å². The monoisotopic (exact) mass is 241 g/mol. The molecule has 1 unspecified atom stereocenters. The SMILES string of the molecule is CC(Br)Oc1cccc(N=C=O)c1. The van der Waals surface area contributed by atoms with Crippen molar-refractivity contribution in [1.82, 2.24) is 0 Å². The summed E-state index contributed by atoms with van der Waals surface area (Å²) in [5.41, 5.74) is 0.542. The highest BCUT2D eigenvalue weighted by molar-refractivity contribution is 9.09. The first-order valence-electron chi connectivity index (χ1n) is 3.71. The Hall–Kier alpha value is -1.12. The maximum Gasteiger partial charge on any atom is 0.240 e. The highest BCUT2D eigenvalue weighted by Gasteiger charge is 1.98. The molecule has 0 fully saturated rings. The van der Waals surface area contributed by atoms with Crippen molar-refractivity contribution in [2.75, 3.05) is 0 Å². The molecule has 0 aliphatic carbocycles. The Morgan fingerprint density at radius 2 is 2.38 bits per heavy atom. The summed E-state index contributed by atoms with van der Waals surface area (Å²) in [6.45, 7) is 1.86. The van der Waals surface area contributed by atoms with E-state index in [2.05, 4.69) is 20.9 Å². The Morgan fingerprint density at radius 1 is 1.62 bits per heavy atom. The molecule has 1 aromatic carbocycles. The highest BCUT2D eigenvalue weighted by Crippen LogP contribution is 2.21. The first-order valence-corrected chi connectivity index (χ1v) is 4.62. The fourth-order valence-corrected chi connectivity index (χ4v) is 1.08. The summed E-state index contributed by atoms with van der Waals surface area (Å²) < 4.78 is 5.33. The second-order valence-corrected chi connectivity index (χ2v) is 3.65. The molecule has 0 saturated carbocycles. The van der Waals surface area contributed by atoms with E-state index in [1.807, 2.05) is 6.92 Å². The third-order valence-electron chi connectivity index (χ3n) is 1.29. The van der Waals surface area contributed by atoms with Crippen molar-refractivity contribution >= 4 is 27.7 Å². The van der Waals surface area contributed by atoms with Gasteiger partial charge in [0.1, 0.15) is 5.75 Å². The molecule has 13 heavy (non-hydrogen) atoms. The largest absolute Gasteiger partial charge is 0.479 e. The van der Waals surface area contributed by atoms with Gasteiger partial charge in [-0.3, -0.25) is 0 Å². The summed E-state index contributed by atoms with van der Waals surface area (Å²) in [4.78, 5) is 13.4. The van der Waals surface area contributed by atoms with Crippen molar-refractivity contribution < 1.29 is 9.53 Å². The van der Waals surface area contributed by atoms with Crippen LogP contribution in [0.2, 0.25) is 0 Å². The number of nitrogens with zero attached hydrogens (tertiary/aromatic N) is 1. The first kappa shape index (κ1) is 9.96. The van der Waals surface area contributed by atoms with Crippen LogP contribution in [0.5, 0.6) is 5.75 Å². The predicted molar refractivity (Wildman–Crippen MR) is 53.2 cm³/mol. The van der Waals surface area contributed by atoms with Gasteiger partial charge in [0, 0.05) is 6.07 Å². The molecule has 1 atom stereocenters. The zero-order valence-electron chi connectivity index (χ0n) is 7.03. The van der Waals surface area contributed by atoms with E-state index >= 15 is 0 Å². The van der Waals surface area contributed by atoms with Crippen LogP contribution in [0, 0.1) is 0 Å². The van der Waals surface area contributed by atoms with Gasteiger partial charge in [-0.15, -0.1) is 0 Å². The smallest absolute Gasteiger partial charge is 0.240 e.